The summed E-state index contributed by atoms with van der Waals surface area (Å²) in [5, 5.41) is 3.64. The fraction of sp³-hybridized carbons (Fsp3) is 0.467. The van der Waals surface area contributed by atoms with Gasteiger partial charge in [0.2, 0.25) is 5.91 Å². The lowest BCUT2D eigenvalue weighted by Gasteiger charge is -2.03. The summed E-state index contributed by atoms with van der Waals surface area (Å²) in [6.45, 7) is 2.20. The Balaban J connectivity index is 1.87. The summed E-state index contributed by atoms with van der Waals surface area (Å²) in [6.07, 6.45) is 5.77. The first-order chi connectivity index (χ1) is 9.29. The molecule has 0 saturated carbocycles. The number of unbranched alkanes of at least 4 members (excludes halogenated alkanes) is 3. The molecule has 1 fully saturated rings. The molecule has 1 unspecified atom stereocenters. The van der Waals surface area contributed by atoms with E-state index in [1.165, 1.54) is 19.3 Å². The fourth-order valence-electron chi connectivity index (χ4n) is 2.02. The smallest absolute Gasteiger partial charge is 0.239 e. The Hall–Kier alpha value is -1.29. The van der Waals surface area contributed by atoms with Crippen LogP contribution in [0.5, 0.6) is 0 Å². The molecule has 102 valence electrons. The number of amidine groups is 1. The first kappa shape index (κ1) is 14.1. The standard InChI is InChI=1S/C15H20N2OS/c1-2-3-4-8-11-13-14(18)17-15(19-13)16-12-9-6-5-7-10-12/h5-7,9-10,13H,2-4,8,11H2,1H3,(H,16,17,18). The van der Waals surface area contributed by atoms with Crippen molar-refractivity contribution in [1.29, 1.82) is 0 Å². The van der Waals surface area contributed by atoms with E-state index in [0.29, 0.717) is 0 Å². The third-order valence-electron chi connectivity index (χ3n) is 3.08. The number of nitrogens with one attached hydrogen (secondary N) is 1. The summed E-state index contributed by atoms with van der Waals surface area (Å²) >= 11 is 1.56. The van der Waals surface area contributed by atoms with Crippen LogP contribution in [0, 0.1) is 0 Å². The lowest BCUT2D eigenvalue weighted by molar-refractivity contribution is -0.118. The van der Waals surface area contributed by atoms with E-state index in [4.69, 9.17) is 0 Å². The zero-order valence-electron chi connectivity index (χ0n) is 11.3. The summed E-state index contributed by atoms with van der Waals surface area (Å²) in [5.74, 6) is 0.108. The van der Waals surface area contributed by atoms with Crippen molar-refractivity contribution in [2.24, 2.45) is 4.99 Å². The summed E-state index contributed by atoms with van der Waals surface area (Å²) in [7, 11) is 0. The predicted molar refractivity (Wildman–Crippen MR) is 81.8 cm³/mol. The molecular weight excluding hydrogens is 256 g/mol. The van der Waals surface area contributed by atoms with Gasteiger partial charge in [0.15, 0.2) is 5.17 Å². The zero-order valence-corrected chi connectivity index (χ0v) is 12.1. The molecule has 1 amide bonds. The van der Waals surface area contributed by atoms with Gasteiger partial charge in [0.25, 0.3) is 0 Å². The van der Waals surface area contributed by atoms with Gasteiger partial charge in [-0.25, -0.2) is 4.99 Å². The second-order valence-corrected chi connectivity index (χ2v) is 5.89. The lowest BCUT2D eigenvalue weighted by Crippen LogP contribution is -2.24. The molecule has 1 aliphatic heterocycles. The molecule has 1 aliphatic rings. The highest BCUT2D eigenvalue weighted by molar-refractivity contribution is 8.15. The molecule has 1 N–H and O–H groups in total. The van der Waals surface area contributed by atoms with Gasteiger partial charge in [0, 0.05) is 0 Å². The van der Waals surface area contributed by atoms with E-state index in [9.17, 15) is 4.79 Å². The van der Waals surface area contributed by atoms with Gasteiger partial charge in [0.05, 0.1) is 10.9 Å². The van der Waals surface area contributed by atoms with E-state index in [-0.39, 0.29) is 11.2 Å². The molecular formula is C15H20N2OS. The number of carbonyl (C=O) groups is 1. The Morgan fingerprint density at radius 2 is 2.00 bits per heavy atom. The minimum atomic E-state index is 0.0410. The Bertz CT molecular complexity index is 445. The minimum Gasteiger partial charge on any atom is -0.304 e. The van der Waals surface area contributed by atoms with Gasteiger partial charge < -0.3 is 5.32 Å². The average Bonchev–Trinajstić information content (AvgIpc) is 2.76. The maximum Gasteiger partial charge on any atom is 0.239 e. The molecule has 19 heavy (non-hydrogen) atoms. The number of carbonyl (C=O) groups excluding carboxylic acids is 1. The van der Waals surface area contributed by atoms with Gasteiger partial charge in [-0.05, 0) is 18.6 Å². The number of rotatable bonds is 6. The molecule has 2 rings (SSSR count). The van der Waals surface area contributed by atoms with Crippen LogP contribution in [0.4, 0.5) is 5.69 Å². The number of amides is 1. The molecule has 3 nitrogen and oxygen atoms in total. The zero-order chi connectivity index (χ0) is 13.5. The Morgan fingerprint density at radius 3 is 2.74 bits per heavy atom. The van der Waals surface area contributed by atoms with Crippen molar-refractivity contribution in [3.8, 4) is 0 Å². The predicted octanol–water partition coefficient (Wildman–Crippen LogP) is 3.88. The molecule has 1 heterocycles. The van der Waals surface area contributed by atoms with Crippen LogP contribution in [0.3, 0.4) is 0 Å². The third kappa shape index (κ3) is 4.39. The Kier molecular flexibility index (Phi) is 5.45. The number of hydrogen-bond donors (Lipinski definition) is 1. The van der Waals surface area contributed by atoms with Crippen molar-refractivity contribution in [2.45, 2.75) is 44.3 Å². The number of thioether (sulfide) groups is 1. The van der Waals surface area contributed by atoms with Crippen molar-refractivity contribution in [1.82, 2.24) is 5.32 Å². The first-order valence-electron chi connectivity index (χ1n) is 6.91. The molecule has 0 radical (unpaired) electrons. The molecule has 1 aromatic carbocycles. The van der Waals surface area contributed by atoms with E-state index in [1.807, 2.05) is 30.3 Å². The van der Waals surface area contributed by atoms with Crippen molar-refractivity contribution >= 4 is 28.5 Å². The van der Waals surface area contributed by atoms with Crippen molar-refractivity contribution in [3.63, 3.8) is 0 Å². The molecule has 4 heteroatoms. The third-order valence-corrected chi connectivity index (χ3v) is 4.23. The van der Waals surface area contributed by atoms with Crippen LogP contribution in [0.25, 0.3) is 0 Å². The Labute approximate surface area is 118 Å². The highest BCUT2D eigenvalue weighted by atomic mass is 32.2. The van der Waals surface area contributed by atoms with Gasteiger partial charge in [-0.1, -0.05) is 62.6 Å². The minimum absolute atomic E-state index is 0.0410. The SMILES string of the molecule is CCCCCCC1SC(=Nc2ccccc2)NC1=O. The molecule has 1 saturated heterocycles. The van der Waals surface area contributed by atoms with Crippen LogP contribution in [-0.4, -0.2) is 16.3 Å². The van der Waals surface area contributed by atoms with E-state index >= 15 is 0 Å². The molecule has 0 spiro atoms. The lowest BCUT2D eigenvalue weighted by atomic mass is 10.1. The van der Waals surface area contributed by atoms with Crippen LogP contribution in [-0.2, 0) is 4.79 Å². The summed E-state index contributed by atoms with van der Waals surface area (Å²) in [6, 6.07) is 9.73. The van der Waals surface area contributed by atoms with Crippen molar-refractivity contribution in [3.05, 3.63) is 30.3 Å². The van der Waals surface area contributed by atoms with Crippen LogP contribution in [0.2, 0.25) is 0 Å². The average molecular weight is 276 g/mol. The number of hydrogen-bond acceptors (Lipinski definition) is 3. The van der Waals surface area contributed by atoms with E-state index in [0.717, 1.165) is 23.7 Å². The van der Waals surface area contributed by atoms with Crippen molar-refractivity contribution < 1.29 is 4.79 Å². The van der Waals surface area contributed by atoms with Crippen LogP contribution in [0.1, 0.15) is 39.0 Å². The quantitative estimate of drug-likeness (QED) is 0.801. The second kappa shape index (κ2) is 7.34. The topological polar surface area (TPSA) is 41.5 Å². The highest BCUT2D eigenvalue weighted by Crippen LogP contribution is 2.26. The molecule has 0 bridgehead atoms. The number of nitrogens with zero attached hydrogens (tertiary/aromatic N) is 1. The molecule has 0 aliphatic carbocycles. The first-order valence-corrected chi connectivity index (χ1v) is 7.79. The van der Waals surface area contributed by atoms with E-state index in [2.05, 4.69) is 17.2 Å². The Morgan fingerprint density at radius 1 is 1.21 bits per heavy atom. The molecule has 1 atom stereocenters. The number of para-hydroxylation sites is 1. The summed E-state index contributed by atoms with van der Waals surface area (Å²) in [4.78, 5) is 16.3. The normalized spacial score (nSPS) is 20.8. The van der Waals surface area contributed by atoms with Crippen LogP contribution < -0.4 is 5.32 Å². The maximum atomic E-state index is 11.8. The molecule has 0 aromatic heterocycles. The van der Waals surface area contributed by atoms with Crippen LogP contribution >= 0.6 is 11.8 Å². The summed E-state index contributed by atoms with van der Waals surface area (Å²) in [5.41, 5.74) is 0.886. The largest absolute Gasteiger partial charge is 0.304 e. The van der Waals surface area contributed by atoms with Gasteiger partial charge in [-0.15, -0.1) is 0 Å². The molecule has 1 aromatic rings. The second-order valence-electron chi connectivity index (χ2n) is 4.70. The van der Waals surface area contributed by atoms with E-state index < -0.39 is 0 Å². The van der Waals surface area contributed by atoms with Gasteiger partial charge >= 0.3 is 0 Å². The fourth-order valence-corrected chi connectivity index (χ4v) is 3.06. The highest BCUT2D eigenvalue weighted by Gasteiger charge is 2.29. The monoisotopic (exact) mass is 276 g/mol. The van der Waals surface area contributed by atoms with E-state index in [1.54, 1.807) is 11.8 Å². The number of benzene rings is 1. The van der Waals surface area contributed by atoms with Crippen LogP contribution in [0.15, 0.2) is 35.3 Å². The summed E-state index contributed by atoms with van der Waals surface area (Å²) < 4.78 is 0. The number of aliphatic imine (C=N–C) groups is 1. The van der Waals surface area contributed by atoms with Gasteiger partial charge in [-0.3, -0.25) is 4.79 Å². The van der Waals surface area contributed by atoms with Crippen molar-refractivity contribution in [2.75, 3.05) is 0 Å². The van der Waals surface area contributed by atoms with Gasteiger partial charge in [-0.2, -0.15) is 0 Å². The maximum absolute atomic E-state index is 11.8. The van der Waals surface area contributed by atoms with Gasteiger partial charge in [0.1, 0.15) is 0 Å².